The molecule has 0 saturated heterocycles. The topological polar surface area (TPSA) is 228 Å². The summed E-state index contributed by atoms with van der Waals surface area (Å²) in [5.74, 6) is -10.1. The summed E-state index contributed by atoms with van der Waals surface area (Å²) in [6, 6.07) is 5.25. The first-order valence-electron chi connectivity index (χ1n) is 13.4. The number of amides is 1. The van der Waals surface area contributed by atoms with Gasteiger partial charge in [0.1, 0.15) is 22.8 Å². The molecule has 0 fully saturated rings. The number of carbonyl (C=O) groups excluding carboxylic acids is 1. The lowest BCUT2D eigenvalue weighted by molar-refractivity contribution is -0.116. The minimum atomic E-state index is -2.15. The third-order valence-corrected chi connectivity index (χ3v) is 10.5. The van der Waals surface area contributed by atoms with E-state index in [0.717, 1.165) is 27.3 Å². The molecule has 15 nitrogen and oxygen atoms in total. The number of aryl methyl sites for hydroxylation is 1. The lowest BCUT2D eigenvalue weighted by Crippen LogP contribution is -2.21. The molecule has 264 valence electrons. The Labute approximate surface area is 296 Å². The molecule has 4 aromatic rings. The molecule has 0 atom stereocenters. The zero-order chi connectivity index (χ0) is 37.3. The van der Waals surface area contributed by atoms with E-state index in [-0.39, 0.29) is 27.2 Å². The molecule has 0 radical (unpaired) electrons. The molecule has 0 aliphatic carbocycles. The van der Waals surface area contributed by atoms with E-state index in [2.05, 4.69) is 25.5 Å². The van der Waals surface area contributed by atoms with Crippen LogP contribution in [-0.4, -0.2) is 81.0 Å². The maximum atomic E-state index is 14.6. The van der Waals surface area contributed by atoms with Gasteiger partial charge in [-0.05, 0) is 83.3 Å². The Morgan fingerprint density at radius 3 is 2.12 bits per heavy atom. The first-order valence-corrected chi connectivity index (χ1v) is 18.1. The van der Waals surface area contributed by atoms with E-state index in [9.17, 15) is 32.3 Å². The first kappa shape index (κ1) is 39.6. The molecule has 0 aliphatic heterocycles. The molecule has 0 unspecified atom stereocenters. The average Bonchev–Trinajstić information content (AvgIpc) is 3.54. The maximum absolute atomic E-state index is 14.6. The van der Waals surface area contributed by atoms with Crippen molar-refractivity contribution in [3.05, 3.63) is 86.6 Å². The number of nitrogen functional groups attached to an aromatic ring is 1. The lowest BCUT2D eigenvalue weighted by atomic mass is 10.1. The molecular formula is C28H25F3N8O7S4. The zero-order valence-corrected chi connectivity index (χ0v) is 29.4. The number of hydrogen-bond acceptors (Lipinski definition) is 14. The number of halogens is 3. The van der Waals surface area contributed by atoms with Gasteiger partial charge in [0.15, 0.2) is 17.5 Å². The molecule has 22 heteroatoms. The van der Waals surface area contributed by atoms with E-state index >= 15 is 0 Å². The number of nitrogens with two attached hydrogens (primary N) is 1. The predicted octanol–water partition coefficient (Wildman–Crippen LogP) is 5.56. The first-order chi connectivity index (χ1) is 23.6. The van der Waals surface area contributed by atoms with Gasteiger partial charge in [-0.25, -0.2) is 37.5 Å². The highest BCUT2D eigenvalue weighted by Gasteiger charge is 2.33. The second-order valence-electron chi connectivity index (χ2n) is 9.48. The van der Waals surface area contributed by atoms with Crippen LogP contribution in [0.4, 0.5) is 19.0 Å². The quantitative estimate of drug-likeness (QED) is 0.0741. The molecule has 0 saturated carbocycles. The highest BCUT2D eigenvalue weighted by molar-refractivity contribution is 8.78. The molecule has 5 N–H and O–H groups in total. The van der Waals surface area contributed by atoms with Crippen LogP contribution in [0.1, 0.15) is 56.3 Å². The van der Waals surface area contributed by atoms with Crippen molar-refractivity contribution >= 4 is 73.3 Å². The van der Waals surface area contributed by atoms with E-state index < -0.39 is 51.4 Å². The number of nitrogens with zero attached hydrogens (tertiary/aromatic N) is 7. The highest BCUT2D eigenvalue weighted by Crippen LogP contribution is 2.42. The van der Waals surface area contributed by atoms with Crippen molar-refractivity contribution in [1.82, 2.24) is 35.1 Å². The minimum absolute atomic E-state index is 0.0141. The molecular weight excluding hydrogens is 746 g/mol. The fourth-order valence-electron chi connectivity index (χ4n) is 3.77. The van der Waals surface area contributed by atoms with Gasteiger partial charge in [0.05, 0.1) is 22.7 Å². The Balaban J connectivity index is 0.000000305. The third-order valence-electron chi connectivity index (χ3n) is 6.34. The summed E-state index contributed by atoms with van der Waals surface area (Å²) < 4.78 is 44.0. The Morgan fingerprint density at radius 2 is 1.58 bits per heavy atom. The number of aromatic nitrogens is 6. The average molecular weight is 771 g/mol. The Morgan fingerprint density at radius 1 is 0.960 bits per heavy atom. The van der Waals surface area contributed by atoms with E-state index in [4.69, 9.17) is 21.1 Å². The van der Waals surface area contributed by atoms with E-state index in [0.29, 0.717) is 29.0 Å². The minimum Gasteiger partial charge on any atom is -0.478 e. The van der Waals surface area contributed by atoms with Crippen LogP contribution in [-0.2, 0) is 11.3 Å². The summed E-state index contributed by atoms with van der Waals surface area (Å²) in [5.41, 5.74) is 4.61. The Bertz CT molecular complexity index is 1970. The number of allylic oxidation sites excluding steroid dienone is 2. The molecule has 50 heavy (non-hydrogen) atoms. The van der Waals surface area contributed by atoms with Gasteiger partial charge in [0.2, 0.25) is 11.6 Å². The summed E-state index contributed by atoms with van der Waals surface area (Å²) in [4.78, 5) is 54.3. The smallest absolute Gasteiger partial charge is 0.339 e. The molecule has 4 rings (SSSR count). The van der Waals surface area contributed by atoms with Crippen molar-refractivity contribution < 1.29 is 47.7 Å². The summed E-state index contributed by atoms with van der Waals surface area (Å²) in [5, 5.41) is 37.5. The fraction of sp³-hybridized carbons (Fsp3) is 0.179. The number of hydrogen-bond donors (Lipinski definition) is 4. The lowest BCUT2D eigenvalue weighted by Gasteiger charge is -2.20. The van der Waals surface area contributed by atoms with Crippen LogP contribution < -0.4 is 5.73 Å². The summed E-state index contributed by atoms with van der Waals surface area (Å²) in [6.45, 7) is 6.07. The van der Waals surface area contributed by atoms with Gasteiger partial charge in [0, 0.05) is 22.4 Å². The van der Waals surface area contributed by atoms with Gasteiger partial charge < -0.3 is 26.0 Å². The summed E-state index contributed by atoms with van der Waals surface area (Å²) in [6.07, 6.45) is 4.47. The second-order valence-corrected chi connectivity index (χ2v) is 14.2. The highest BCUT2D eigenvalue weighted by atomic mass is 33.1. The van der Waals surface area contributed by atoms with Gasteiger partial charge in [-0.2, -0.15) is 4.68 Å². The fourth-order valence-corrected chi connectivity index (χ4v) is 7.37. The molecule has 2 aromatic carbocycles. The van der Waals surface area contributed by atoms with Crippen molar-refractivity contribution in [2.24, 2.45) is 0 Å². The van der Waals surface area contributed by atoms with Crippen LogP contribution >= 0.6 is 43.2 Å². The molecule has 1 amide bonds. The zero-order valence-electron chi connectivity index (χ0n) is 26.1. The summed E-state index contributed by atoms with van der Waals surface area (Å²) in [7, 11) is 4.03. The van der Waals surface area contributed by atoms with E-state index in [1.165, 1.54) is 24.3 Å². The Hall–Kier alpha value is -4.80. The van der Waals surface area contributed by atoms with E-state index in [1.807, 2.05) is 20.1 Å². The van der Waals surface area contributed by atoms with Gasteiger partial charge >= 0.3 is 17.9 Å². The van der Waals surface area contributed by atoms with Crippen LogP contribution in [0, 0.1) is 24.4 Å². The number of tetrazole rings is 1. The largest absolute Gasteiger partial charge is 0.478 e. The van der Waals surface area contributed by atoms with Crippen LogP contribution in [0.25, 0.3) is 5.69 Å². The molecule has 2 aromatic heterocycles. The molecule has 2 heterocycles. The number of carboxylic acids is 3. The Kier molecular flexibility index (Phi) is 14.1. The van der Waals surface area contributed by atoms with Crippen LogP contribution in [0.15, 0.2) is 51.1 Å². The number of rotatable bonds is 13. The van der Waals surface area contributed by atoms with Crippen LogP contribution in [0.5, 0.6) is 0 Å². The van der Waals surface area contributed by atoms with Gasteiger partial charge in [-0.3, -0.25) is 4.79 Å². The van der Waals surface area contributed by atoms with Crippen molar-refractivity contribution in [2.75, 3.05) is 12.0 Å². The predicted molar refractivity (Wildman–Crippen MR) is 180 cm³/mol. The molecule has 0 aliphatic rings. The summed E-state index contributed by atoms with van der Waals surface area (Å²) >= 11 is 0. The van der Waals surface area contributed by atoms with E-state index in [1.54, 1.807) is 39.6 Å². The van der Waals surface area contributed by atoms with Crippen molar-refractivity contribution in [3.8, 4) is 5.69 Å². The number of carbonyl (C=O) groups is 4. The molecule has 0 spiro atoms. The number of aromatic carboxylic acids is 3. The third kappa shape index (κ3) is 9.46. The second kappa shape index (κ2) is 17.7. The van der Waals surface area contributed by atoms with Crippen LogP contribution in [0.2, 0.25) is 0 Å². The van der Waals surface area contributed by atoms with Crippen molar-refractivity contribution in [2.45, 2.75) is 37.4 Å². The van der Waals surface area contributed by atoms with Gasteiger partial charge in [-0.1, -0.05) is 21.6 Å². The number of anilines is 1. The standard InChI is InChI=1S/C16H7F3N4O6S2.C12H18N4OS2/c17-9-7(14(26)27)8(15(28)29)10(18)12(11(9)19)30-31-16-20-21-22-23(16)6-3-1-5(2-4-6)13(24)25;1-8(9(2)19-18-4)16(7-17)6-11-5-14-10(3)15-12(11)13/h1-4H,(H,24,25)(H,26,27)(H,28,29);5,7H,6H2,1-4H3,(H2,13,14,15)/b;9-8+. The van der Waals surface area contributed by atoms with Gasteiger partial charge in [0.25, 0.3) is 0 Å². The van der Waals surface area contributed by atoms with Crippen molar-refractivity contribution in [3.63, 3.8) is 0 Å². The maximum Gasteiger partial charge on any atom is 0.339 e. The normalized spacial score (nSPS) is 11.3. The van der Waals surface area contributed by atoms with Crippen molar-refractivity contribution in [1.29, 1.82) is 0 Å². The van der Waals surface area contributed by atoms with Gasteiger partial charge in [-0.15, -0.1) is 5.10 Å². The SMILES string of the molecule is CSS/C(C)=C(\C)N(C=O)Cc1cnc(C)nc1N.O=C(O)c1ccc(-n2nnnc2SSc2c(F)c(F)c(C(=O)O)c(C(=O)O)c2F)cc1. The number of benzene rings is 2. The monoisotopic (exact) mass is 770 g/mol. The van der Waals surface area contributed by atoms with Crippen LogP contribution in [0.3, 0.4) is 0 Å². The number of carboxylic acid groups (broad SMARTS) is 3. The molecule has 0 bridgehead atoms.